The molecule has 1 aromatic carbocycles. The van der Waals surface area contributed by atoms with Gasteiger partial charge in [-0.05, 0) is 37.0 Å². The Morgan fingerprint density at radius 2 is 2.04 bits per heavy atom. The van der Waals surface area contributed by atoms with Crippen molar-refractivity contribution in [3.05, 3.63) is 40.9 Å². The van der Waals surface area contributed by atoms with Crippen LogP contribution in [0.15, 0.2) is 30.3 Å². The first-order valence-corrected chi connectivity index (χ1v) is 8.61. The van der Waals surface area contributed by atoms with Crippen LogP contribution in [0, 0.1) is 0 Å². The zero-order valence-corrected chi connectivity index (χ0v) is 14.0. The van der Waals surface area contributed by atoms with Gasteiger partial charge in [-0.1, -0.05) is 29.8 Å². The molecule has 1 aromatic rings. The van der Waals surface area contributed by atoms with Gasteiger partial charge < -0.3 is 10.1 Å². The second-order valence-corrected chi connectivity index (χ2v) is 6.66. The smallest absolute Gasteiger partial charge is 0.244 e. The number of morpholine rings is 1. The number of carbonyl (C=O) groups is 1. The number of hydrogen-bond acceptors (Lipinski definition) is 3. The molecule has 0 bridgehead atoms. The molecule has 1 saturated heterocycles. The summed E-state index contributed by atoms with van der Waals surface area (Å²) in [5, 5.41) is 3.71. The number of ether oxygens (including phenoxy) is 1. The van der Waals surface area contributed by atoms with Gasteiger partial charge in [0, 0.05) is 36.3 Å². The van der Waals surface area contributed by atoms with E-state index in [4.69, 9.17) is 16.3 Å². The lowest BCUT2D eigenvalue weighted by Crippen LogP contribution is -2.62. The molecule has 1 aliphatic heterocycles. The monoisotopic (exact) mass is 334 g/mol. The summed E-state index contributed by atoms with van der Waals surface area (Å²) in [5.41, 5.74) is 0.994. The highest BCUT2D eigenvalue weighted by atomic mass is 35.5. The molecule has 1 amide bonds. The molecule has 0 radical (unpaired) electrons. The average molecular weight is 335 g/mol. The van der Waals surface area contributed by atoms with Crippen LogP contribution in [0.5, 0.6) is 0 Å². The van der Waals surface area contributed by atoms with Crippen LogP contribution < -0.4 is 5.32 Å². The SMILES string of the molecule is O=C(/C=C/c1ccccc1Cl)NCC1(N2CCOCC2)CCC1. The third kappa shape index (κ3) is 3.94. The normalized spacial score (nSPS) is 21.1. The van der Waals surface area contributed by atoms with Crippen molar-refractivity contribution in [2.75, 3.05) is 32.8 Å². The predicted octanol–water partition coefficient (Wildman–Crippen LogP) is 2.72. The third-order valence-corrected chi connectivity index (χ3v) is 5.22. The van der Waals surface area contributed by atoms with Crippen LogP contribution in [0.3, 0.4) is 0 Å². The first kappa shape index (κ1) is 16.5. The predicted molar refractivity (Wildman–Crippen MR) is 92.5 cm³/mol. The van der Waals surface area contributed by atoms with Gasteiger partial charge in [0.15, 0.2) is 0 Å². The Morgan fingerprint density at radius 1 is 1.30 bits per heavy atom. The number of nitrogens with one attached hydrogen (secondary N) is 1. The molecular weight excluding hydrogens is 312 g/mol. The van der Waals surface area contributed by atoms with E-state index in [0.29, 0.717) is 11.6 Å². The molecule has 0 unspecified atom stereocenters. The number of nitrogens with zero attached hydrogens (tertiary/aromatic N) is 1. The minimum absolute atomic E-state index is 0.0653. The molecule has 0 aromatic heterocycles. The van der Waals surface area contributed by atoms with Crippen LogP contribution in [0.4, 0.5) is 0 Å². The van der Waals surface area contributed by atoms with Crippen molar-refractivity contribution in [2.45, 2.75) is 24.8 Å². The van der Waals surface area contributed by atoms with E-state index in [1.54, 1.807) is 12.2 Å². The molecule has 124 valence electrons. The summed E-state index contributed by atoms with van der Waals surface area (Å²) in [6.07, 6.45) is 6.87. The van der Waals surface area contributed by atoms with Crippen LogP contribution in [0.2, 0.25) is 5.02 Å². The maximum absolute atomic E-state index is 12.1. The summed E-state index contributed by atoms with van der Waals surface area (Å²) in [7, 11) is 0. The fraction of sp³-hybridized carbons (Fsp3) is 0.500. The Labute approximate surface area is 142 Å². The van der Waals surface area contributed by atoms with E-state index in [2.05, 4.69) is 10.2 Å². The van der Waals surface area contributed by atoms with E-state index in [1.807, 2.05) is 24.3 Å². The molecule has 4 nitrogen and oxygen atoms in total. The van der Waals surface area contributed by atoms with Gasteiger partial charge in [0.25, 0.3) is 0 Å². The fourth-order valence-electron chi connectivity index (χ4n) is 3.31. The molecule has 3 rings (SSSR count). The van der Waals surface area contributed by atoms with Crippen molar-refractivity contribution >= 4 is 23.6 Å². The number of rotatable bonds is 5. The number of halogens is 1. The lowest BCUT2D eigenvalue weighted by molar-refractivity contribution is -0.118. The van der Waals surface area contributed by atoms with Gasteiger partial charge in [-0.15, -0.1) is 0 Å². The van der Waals surface area contributed by atoms with Crippen molar-refractivity contribution in [3.8, 4) is 0 Å². The Balaban J connectivity index is 1.54. The second kappa shape index (κ2) is 7.47. The van der Waals surface area contributed by atoms with Crippen molar-refractivity contribution < 1.29 is 9.53 Å². The minimum Gasteiger partial charge on any atom is -0.379 e. The molecule has 1 N–H and O–H groups in total. The largest absolute Gasteiger partial charge is 0.379 e. The summed E-state index contributed by atoms with van der Waals surface area (Å²) < 4.78 is 5.44. The van der Waals surface area contributed by atoms with E-state index in [-0.39, 0.29) is 11.4 Å². The standard InChI is InChI=1S/C18H23ClN2O2/c19-16-5-2-1-4-15(16)6-7-17(22)20-14-18(8-3-9-18)21-10-12-23-13-11-21/h1-2,4-7H,3,8-14H2,(H,20,22)/b7-6+. The van der Waals surface area contributed by atoms with Gasteiger partial charge >= 0.3 is 0 Å². The topological polar surface area (TPSA) is 41.6 Å². The molecule has 0 atom stereocenters. The first-order valence-electron chi connectivity index (χ1n) is 8.23. The van der Waals surface area contributed by atoms with E-state index >= 15 is 0 Å². The molecule has 2 fully saturated rings. The fourth-order valence-corrected chi connectivity index (χ4v) is 3.51. The number of carbonyl (C=O) groups excluding carboxylic acids is 1. The van der Waals surface area contributed by atoms with E-state index in [9.17, 15) is 4.79 Å². The minimum atomic E-state index is -0.0653. The number of hydrogen-bond donors (Lipinski definition) is 1. The Kier molecular flexibility index (Phi) is 5.36. The van der Waals surface area contributed by atoms with Crippen molar-refractivity contribution in [3.63, 3.8) is 0 Å². The third-order valence-electron chi connectivity index (χ3n) is 4.88. The second-order valence-electron chi connectivity index (χ2n) is 6.25. The van der Waals surface area contributed by atoms with Crippen molar-refractivity contribution in [2.24, 2.45) is 0 Å². The van der Waals surface area contributed by atoms with Crippen molar-refractivity contribution in [1.82, 2.24) is 10.2 Å². The molecule has 1 aliphatic carbocycles. The molecule has 5 heteroatoms. The average Bonchev–Trinajstić information content (AvgIpc) is 2.54. The summed E-state index contributed by atoms with van der Waals surface area (Å²) in [6.45, 7) is 4.22. The van der Waals surface area contributed by atoms with Crippen LogP contribution in [-0.2, 0) is 9.53 Å². The lowest BCUT2D eigenvalue weighted by Gasteiger charge is -2.51. The van der Waals surface area contributed by atoms with Crippen LogP contribution >= 0.6 is 11.6 Å². The van der Waals surface area contributed by atoms with Crippen LogP contribution in [0.25, 0.3) is 6.08 Å². The van der Waals surface area contributed by atoms with Gasteiger partial charge in [-0.25, -0.2) is 0 Å². The van der Waals surface area contributed by atoms with Crippen LogP contribution in [-0.4, -0.2) is 49.2 Å². The molecule has 1 heterocycles. The lowest BCUT2D eigenvalue weighted by atomic mass is 9.75. The van der Waals surface area contributed by atoms with Crippen molar-refractivity contribution in [1.29, 1.82) is 0 Å². The summed E-state index contributed by atoms with van der Waals surface area (Å²) >= 11 is 6.09. The number of amides is 1. The van der Waals surface area contributed by atoms with Gasteiger partial charge in [-0.3, -0.25) is 9.69 Å². The van der Waals surface area contributed by atoms with Gasteiger partial charge in [0.2, 0.25) is 5.91 Å². The van der Waals surface area contributed by atoms with Gasteiger partial charge in [0.05, 0.1) is 13.2 Å². The van der Waals surface area contributed by atoms with E-state index in [0.717, 1.165) is 44.7 Å². The number of benzene rings is 1. The Bertz CT molecular complexity index is 578. The molecule has 0 spiro atoms. The molecule has 23 heavy (non-hydrogen) atoms. The first-order chi connectivity index (χ1) is 11.2. The van der Waals surface area contributed by atoms with E-state index in [1.165, 1.54) is 6.42 Å². The molecule has 2 aliphatic rings. The summed E-state index contributed by atoms with van der Waals surface area (Å²) in [5.74, 6) is -0.0653. The maximum Gasteiger partial charge on any atom is 0.244 e. The molecular formula is C18H23ClN2O2. The van der Waals surface area contributed by atoms with E-state index < -0.39 is 0 Å². The highest BCUT2D eigenvalue weighted by Gasteiger charge is 2.42. The molecule has 1 saturated carbocycles. The maximum atomic E-state index is 12.1. The highest BCUT2D eigenvalue weighted by molar-refractivity contribution is 6.32. The summed E-state index contributed by atoms with van der Waals surface area (Å²) in [4.78, 5) is 14.6. The Hall–Kier alpha value is -1.36. The van der Waals surface area contributed by atoms with Gasteiger partial charge in [0.1, 0.15) is 0 Å². The Morgan fingerprint density at radius 3 is 2.70 bits per heavy atom. The zero-order valence-electron chi connectivity index (χ0n) is 13.3. The zero-order chi connectivity index (χ0) is 16.1. The van der Waals surface area contributed by atoms with Gasteiger partial charge in [-0.2, -0.15) is 0 Å². The summed E-state index contributed by atoms with van der Waals surface area (Å²) in [6, 6.07) is 7.50. The highest BCUT2D eigenvalue weighted by Crippen LogP contribution is 2.37. The van der Waals surface area contributed by atoms with Crippen LogP contribution in [0.1, 0.15) is 24.8 Å². The quantitative estimate of drug-likeness (QED) is 0.842.